The molecule has 0 fully saturated rings. The van der Waals surface area contributed by atoms with Crippen molar-refractivity contribution in [2.24, 2.45) is 0 Å². The smallest absolute Gasteiger partial charge is 0.161 e. The fraction of sp³-hybridized carbons (Fsp3) is 0.357. The van der Waals surface area contributed by atoms with Gasteiger partial charge in [0.1, 0.15) is 0 Å². The zero-order valence-corrected chi connectivity index (χ0v) is 11.3. The summed E-state index contributed by atoms with van der Waals surface area (Å²) in [6.07, 6.45) is 3.44. The highest BCUT2D eigenvalue weighted by molar-refractivity contribution is 5.43. The van der Waals surface area contributed by atoms with E-state index >= 15 is 0 Å². The number of nitrogens with zero attached hydrogens (tertiary/aromatic N) is 2. The molecule has 0 saturated carbocycles. The Balaban J connectivity index is 2.19. The number of benzene rings is 1. The Kier molecular flexibility index (Phi) is 4.28. The maximum atomic E-state index is 5.65. The highest BCUT2D eigenvalue weighted by atomic mass is 16.5. The van der Waals surface area contributed by atoms with E-state index in [0.29, 0.717) is 25.4 Å². The topological polar surface area (TPSA) is 62.3 Å². The second-order valence-corrected chi connectivity index (χ2v) is 4.12. The molecule has 0 spiro atoms. The van der Waals surface area contributed by atoms with Crippen LogP contribution in [0.15, 0.2) is 30.6 Å². The van der Waals surface area contributed by atoms with Gasteiger partial charge in [0.25, 0.3) is 0 Å². The van der Waals surface area contributed by atoms with Crippen LogP contribution in [0.3, 0.4) is 0 Å². The first kappa shape index (κ1) is 13.3. The van der Waals surface area contributed by atoms with Crippen molar-refractivity contribution in [1.29, 1.82) is 0 Å². The van der Waals surface area contributed by atoms with E-state index in [9.17, 15) is 0 Å². The van der Waals surface area contributed by atoms with Gasteiger partial charge in [-0.1, -0.05) is 6.07 Å². The summed E-state index contributed by atoms with van der Waals surface area (Å²) in [7, 11) is 0. The molecule has 2 rings (SSSR count). The number of hydrogen-bond acceptors (Lipinski definition) is 4. The van der Waals surface area contributed by atoms with Gasteiger partial charge >= 0.3 is 0 Å². The van der Waals surface area contributed by atoms with Crippen molar-refractivity contribution in [3.05, 3.63) is 36.2 Å². The van der Waals surface area contributed by atoms with Gasteiger partial charge in [-0.15, -0.1) is 0 Å². The first-order valence-electron chi connectivity index (χ1n) is 6.39. The molecule has 0 radical (unpaired) electrons. The van der Waals surface area contributed by atoms with Crippen LogP contribution in [0.4, 0.5) is 5.69 Å². The minimum atomic E-state index is 0.609. The maximum absolute atomic E-state index is 5.65. The number of anilines is 1. The standard InChI is InChI=1S/C14H19N3O2/c1-3-18-13-6-5-11(7-14(13)19-4-2)9-17-10-12(15)8-16-17/h5-8,10H,3-4,9,15H2,1-2H3. The van der Waals surface area contributed by atoms with Gasteiger partial charge in [0.2, 0.25) is 0 Å². The third-order valence-electron chi connectivity index (χ3n) is 2.61. The van der Waals surface area contributed by atoms with Crippen LogP contribution < -0.4 is 15.2 Å². The largest absolute Gasteiger partial charge is 0.490 e. The van der Waals surface area contributed by atoms with E-state index in [2.05, 4.69) is 5.10 Å². The molecule has 2 aromatic rings. The molecule has 0 aliphatic rings. The molecule has 1 aromatic heterocycles. The van der Waals surface area contributed by atoms with Crippen LogP contribution in [0.5, 0.6) is 11.5 Å². The molecular weight excluding hydrogens is 242 g/mol. The van der Waals surface area contributed by atoms with Crippen LogP contribution in [-0.4, -0.2) is 23.0 Å². The van der Waals surface area contributed by atoms with E-state index < -0.39 is 0 Å². The average molecular weight is 261 g/mol. The molecule has 1 heterocycles. The molecule has 0 bridgehead atoms. The van der Waals surface area contributed by atoms with Crippen molar-refractivity contribution in [1.82, 2.24) is 9.78 Å². The minimum Gasteiger partial charge on any atom is -0.490 e. The van der Waals surface area contributed by atoms with Gasteiger partial charge in [-0.05, 0) is 31.5 Å². The molecule has 0 aliphatic carbocycles. The summed E-state index contributed by atoms with van der Waals surface area (Å²) in [4.78, 5) is 0. The fourth-order valence-corrected chi connectivity index (χ4v) is 1.85. The van der Waals surface area contributed by atoms with Gasteiger partial charge in [-0.2, -0.15) is 5.10 Å². The third-order valence-corrected chi connectivity index (χ3v) is 2.61. The van der Waals surface area contributed by atoms with E-state index in [1.165, 1.54) is 0 Å². The Morgan fingerprint density at radius 3 is 2.53 bits per heavy atom. The molecule has 0 aliphatic heterocycles. The minimum absolute atomic E-state index is 0.609. The Morgan fingerprint density at radius 2 is 1.89 bits per heavy atom. The van der Waals surface area contributed by atoms with Gasteiger partial charge in [0.15, 0.2) is 11.5 Å². The molecule has 0 unspecified atom stereocenters. The zero-order chi connectivity index (χ0) is 13.7. The van der Waals surface area contributed by atoms with Crippen molar-refractivity contribution in [2.45, 2.75) is 20.4 Å². The van der Waals surface area contributed by atoms with Crippen LogP contribution in [0.25, 0.3) is 0 Å². The molecule has 0 amide bonds. The number of hydrogen-bond donors (Lipinski definition) is 1. The first-order chi connectivity index (χ1) is 9.22. The van der Waals surface area contributed by atoms with Crippen molar-refractivity contribution in [2.75, 3.05) is 18.9 Å². The Bertz CT molecular complexity index is 537. The van der Waals surface area contributed by atoms with E-state index in [-0.39, 0.29) is 0 Å². The molecule has 0 atom stereocenters. The predicted octanol–water partition coefficient (Wildman–Crippen LogP) is 2.31. The van der Waals surface area contributed by atoms with Crippen molar-refractivity contribution >= 4 is 5.69 Å². The summed E-state index contributed by atoms with van der Waals surface area (Å²) in [5, 5.41) is 4.17. The van der Waals surface area contributed by atoms with E-state index in [1.54, 1.807) is 17.1 Å². The highest BCUT2D eigenvalue weighted by Gasteiger charge is 2.07. The molecule has 5 nitrogen and oxygen atoms in total. The average Bonchev–Trinajstić information content (AvgIpc) is 2.79. The van der Waals surface area contributed by atoms with Crippen LogP contribution >= 0.6 is 0 Å². The lowest BCUT2D eigenvalue weighted by atomic mass is 10.2. The van der Waals surface area contributed by atoms with Gasteiger partial charge in [0.05, 0.1) is 31.6 Å². The summed E-state index contributed by atoms with van der Waals surface area (Å²) in [6.45, 7) is 5.80. The lowest BCUT2D eigenvalue weighted by molar-refractivity contribution is 0.287. The molecule has 0 saturated heterocycles. The number of nitrogens with two attached hydrogens (primary N) is 1. The summed E-state index contributed by atoms with van der Waals surface area (Å²) >= 11 is 0. The lowest BCUT2D eigenvalue weighted by Crippen LogP contribution is -2.03. The second kappa shape index (κ2) is 6.13. The Labute approximate surface area is 112 Å². The molecule has 1 aromatic carbocycles. The van der Waals surface area contributed by atoms with Crippen LogP contribution in [0.1, 0.15) is 19.4 Å². The van der Waals surface area contributed by atoms with Crippen LogP contribution in [0.2, 0.25) is 0 Å². The molecule has 19 heavy (non-hydrogen) atoms. The summed E-state index contributed by atoms with van der Waals surface area (Å²) in [5.41, 5.74) is 7.40. The molecular formula is C14H19N3O2. The summed E-state index contributed by atoms with van der Waals surface area (Å²) in [6, 6.07) is 5.91. The number of nitrogen functional groups attached to an aromatic ring is 1. The normalized spacial score (nSPS) is 10.4. The molecule has 102 valence electrons. The number of aromatic nitrogens is 2. The zero-order valence-electron chi connectivity index (χ0n) is 11.3. The van der Waals surface area contributed by atoms with Crippen LogP contribution in [0, 0.1) is 0 Å². The van der Waals surface area contributed by atoms with E-state index in [1.807, 2.05) is 32.0 Å². The maximum Gasteiger partial charge on any atom is 0.161 e. The fourth-order valence-electron chi connectivity index (χ4n) is 1.85. The van der Waals surface area contributed by atoms with Gasteiger partial charge < -0.3 is 15.2 Å². The Hall–Kier alpha value is -2.17. The van der Waals surface area contributed by atoms with Crippen molar-refractivity contribution in [3.63, 3.8) is 0 Å². The SMILES string of the molecule is CCOc1ccc(Cn2cc(N)cn2)cc1OCC. The van der Waals surface area contributed by atoms with Crippen molar-refractivity contribution < 1.29 is 9.47 Å². The second-order valence-electron chi connectivity index (χ2n) is 4.12. The summed E-state index contributed by atoms with van der Waals surface area (Å²) in [5.74, 6) is 1.54. The number of rotatable bonds is 6. The van der Waals surface area contributed by atoms with Crippen molar-refractivity contribution in [3.8, 4) is 11.5 Å². The predicted molar refractivity (Wildman–Crippen MR) is 74.5 cm³/mol. The number of ether oxygens (including phenoxy) is 2. The van der Waals surface area contributed by atoms with Gasteiger partial charge in [0, 0.05) is 6.20 Å². The molecule has 5 heteroatoms. The van der Waals surface area contributed by atoms with Crippen LogP contribution in [-0.2, 0) is 6.54 Å². The monoisotopic (exact) mass is 261 g/mol. The van der Waals surface area contributed by atoms with Gasteiger partial charge in [-0.25, -0.2) is 0 Å². The van der Waals surface area contributed by atoms with Gasteiger partial charge in [-0.3, -0.25) is 4.68 Å². The highest BCUT2D eigenvalue weighted by Crippen LogP contribution is 2.28. The Morgan fingerprint density at radius 1 is 1.16 bits per heavy atom. The quantitative estimate of drug-likeness (QED) is 0.866. The van der Waals surface area contributed by atoms with E-state index in [4.69, 9.17) is 15.2 Å². The lowest BCUT2D eigenvalue weighted by Gasteiger charge is -2.12. The summed E-state index contributed by atoms with van der Waals surface area (Å²) < 4.78 is 12.9. The third kappa shape index (κ3) is 3.40. The molecule has 2 N–H and O–H groups in total. The van der Waals surface area contributed by atoms with E-state index in [0.717, 1.165) is 17.1 Å². The first-order valence-corrected chi connectivity index (χ1v) is 6.39.